The van der Waals surface area contributed by atoms with Crippen molar-refractivity contribution in [2.75, 3.05) is 0 Å². The van der Waals surface area contributed by atoms with Gasteiger partial charge in [-0.25, -0.2) is 4.98 Å². The first-order valence-corrected chi connectivity index (χ1v) is 18.9. The van der Waals surface area contributed by atoms with Crippen molar-refractivity contribution in [3.8, 4) is 33.5 Å². The first-order valence-electron chi connectivity index (χ1n) is 18.9. The summed E-state index contributed by atoms with van der Waals surface area (Å²) in [6, 6.07) is 67.8. The second-order valence-electron chi connectivity index (χ2n) is 14.6. The summed E-state index contributed by atoms with van der Waals surface area (Å²) in [5.74, 6) is 0. The summed E-state index contributed by atoms with van der Waals surface area (Å²) in [6.07, 6.45) is 0. The van der Waals surface area contributed by atoms with Crippen LogP contribution < -0.4 is 0 Å². The Hall–Kier alpha value is -7.29. The number of rotatable bonds is 3. The smallest absolute Gasteiger partial charge is 0.143 e. The Labute approximate surface area is 316 Å². The minimum atomic E-state index is 0.908. The molecule has 0 unspecified atom stereocenters. The first-order chi connectivity index (χ1) is 27.3. The Bertz CT molecular complexity index is 3540. The van der Waals surface area contributed by atoms with Gasteiger partial charge in [0.15, 0.2) is 0 Å². The van der Waals surface area contributed by atoms with Crippen LogP contribution in [0, 0.1) is 0 Å². The van der Waals surface area contributed by atoms with E-state index in [-0.39, 0.29) is 0 Å². The van der Waals surface area contributed by atoms with E-state index < -0.39 is 0 Å². The maximum atomic E-state index is 6.82. The summed E-state index contributed by atoms with van der Waals surface area (Å²) < 4.78 is 6.82. The molecule has 0 saturated carbocycles. The van der Waals surface area contributed by atoms with Crippen LogP contribution >= 0.6 is 0 Å². The zero-order valence-corrected chi connectivity index (χ0v) is 29.8. The van der Waals surface area contributed by atoms with Gasteiger partial charge in [-0.3, -0.25) is 0 Å². The van der Waals surface area contributed by atoms with Gasteiger partial charge in [-0.1, -0.05) is 158 Å². The Kier molecular flexibility index (Phi) is 6.37. The van der Waals surface area contributed by atoms with E-state index in [2.05, 4.69) is 188 Å². The van der Waals surface area contributed by atoms with Gasteiger partial charge in [-0.05, 0) is 90.1 Å². The molecule has 0 radical (unpaired) electrons. The van der Waals surface area contributed by atoms with Gasteiger partial charge in [-0.2, -0.15) is 0 Å². The van der Waals surface area contributed by atoms with Crippen LogP contribution in [0.4, 0.5) is 0 Å². The molecule has 0 fully saturated rings. The fourth-order valence-corrected chi connectivity index (χ4v) is 9.03. The fourth-order valence-electron chi connectivity index (χ4n) is 9.03. The Morgan fingerprint density at radius 1 is 0.327 bits per heavy atom. The maximum Gasteiger partial charge on any atom is 0.143 e. The molecule has 12 aromatic rings. The van der Waals surface area contributed by atoms with Gasteiger partial charge in [-0.15, -0.1) is 0 Å². The molecule has 0 aliphatic heterocycles. The molecule has 0 atom stereocenters. The van der Waals surface area contributed by atoms with Gasteiger partial charge >= 0.3 is 0 Å². The monoisotopic (exact) mass is 697 g/mol. The summed E-state index contributed by atoms with van der Waals surface area (Å²) in [5.41, 5.74) is 9.46. The van der Waals surface area contributed by atoms with Crippen molar-refractivity contribution >= 4 is 86.7 Å². The number of furan rings is 1. The van der Waals surface area contributed by atoms with Crippen molar-refractivity contribution < 1.29 is 4.42 Å². The highest BCUT2D eigenvalue weighted by molar-refractivity contribution is 6.31. The summed E-state index contributed by atoms with van der Waals surface area (Å²) in [7, 11) is 0. The van der Waals surface area contributed by atoms with Gasteiger partial charge in [0, 0.05) is 38.1 Å². The van der Waals surface area contributed by atoms with Crippen molar-refractivity contribution in [1.29, 1.82) is 0 Å². The average Bonchev–Trinajstić information content (AvgIpc) is 3.63. The summed E-state index contributed by atoms with van der Waals surface area (Å²) in [4.78, 5) is 5.54. The number of nitrogens with zero attached hydrogens (tertiary/aromatic N) is 1. The van der Waals surface area contributed by atoms with E-state index in [9.17, 15) is 0 Å². The molecule has 0 saturated heterocycles. The molecule has 2 nitrogen and oxygen atoms in total. The lowest BCUT2D eigenvalue weighted by molar-refractivity contribution is 0.671. The van der Waals surface area contributed by atoms with Crippen molar-refractivity contribution in [3.05, 3.63) is 188 Å². The molecular formula is C53H31NO. The van der Waals surface area contributed by atoms with Crippen LogP contribution in [0.3, 0.4) is 0 Å². The molecule has 2 aromatic heterocycles. The van der Waals surface area contributed by atoms with Gasteiger partial charge < -0.3 is 4.42 Å². The van der Waals surface area contributed by atoms with Crippen LogP contribution in [0.15, 0.2) is 192 Å². The molecule has 0 bridgehead atoms. The largest absolute Gasteiger partial charge is 0.455 e. The van der Waals surface area contributed by atoms with Gasteiger partial charge in [0.1, 0.15) is 11.2 Å². The number of hydrogen-bond acceptors (Lipinski definition) is 2. The molecule has 55 heavy (non-hydrogen) atoms. The van der Waals surface area contributed by atoms with Crippen molar-refractivity contribution in [3.63, 3.8) is 0 Å². The summed E-state index contributed by atoms with van der Waals surface area (Å²) in [5, 5.41) is 15.5. The van der Waals surface area contributed by atoms with E-state index in [1.807, 2.05) is 0 Å². The normalized spacial score (nSPS) is 12.0. The lowest BCUT2D eigenvalue weighted by atomic mass is 9.90. The molecule has 254 valence electrons. The van der Waals surface area contributed by atoms with E-state index in [0.717, 1.165) is 66.4 Å². The third-order valence-corrected chi connectivity index (χ3v) is 11.6. The highest BCUT2D eigenvalue weighted by atomic mass is 16.3. The Balaban J connectivity index is 1.11. The third kappa shape index (κ3) is 4.52. The molecule has 0 aliphatic rings. The van der Waals surface area contributed by atoms with Crippen LogP contribution in [0.25, 0.3) is 120 Å². The van der Waals surface area contributed by atoms with Gasteiger partial charge in [0.25, 0.3) is 0 Å². The number of pyridine rings is 1. The Morgan fingerprint density at radius 2 is 0.927 bits per heavy atom. The van der Waals surface area contributed by atoms with Crippen molar-refractivity contribution in [1.82, 2.24) is 4.98 Å². The highest BCUT2D eigenvalue weighted by Crippen LogP contribution is 2.45. The van der Waals surface area contributed by atoms with Gasteiger partial charge in [0.2, 0.25) is 0 Å². The number of fused-ring (bicyclic) bond motifs is 14. The number of aromatic nitrogens is 1. The van der Waals surface area contributed by atoms with Crippen LogP contribution in [0.2, 0.25) is 0 Å². The number of hydrogen-bond donors (Lipinski definition) is 0. The van der Waals surface area contributed by atoms with Crippen LogP contribution in [-0.2, 0) is 0 Å². The van der Waals surface area contributed by atoms with Crippen LogP contribution in [-0.4, -0.2) is 4.98 Å². The van der Waals surface area contributed by atoms with Crippen molar-refractivity contribution in [2.45, 2.75) is 0 Å². The van der Waals surface area contributed by atoms with Gasteiger partial charge in [0.05, 0.1) is 11.2 Å². The average molecular weight is 698 g/mol. The Morgan fingerprint density at radius 3 is 1.75 bits per heavy atom. The predicted molar refractivity (Wildman–Crippen MR) is 233 cm³/mol. The molecule has 0 amide bonds. The minimum absolute atomic E-state index is 0.908. The van der Waals surface area contributed by atoms with E-state index in [0.29, 0.717) is 0 Å². The molecule has 2 heterocycles. The molecule has 0 N–H and O–H groups in total. The molecule has 0 aliphatic carbocycles. The molecule has 2 heteroatoms. The second kappa shape index (κ2) is 11.6. The van der Waals surface area contributed by atoms with E-state index in [1.165, 1.54) is 53.9 Å². The van der Waals surface area contributed by atoms with E-state index in [1.54, 1.807) is 0 Å². The zero-order chi connectivity index (χ0) is 36.0. The molecule has 12 rings (SSSR count). The SMILES string of the molecule is c1ccc(-c2nc3c4ccccc4c4ccccc4c3c3ccc(-c4cccc(-c5cc6ccccc6c6c5oc5cc7ccccc7cc56)c4)cc23)cc1. The van der Waals surface area contributed by atoms with E-state index in [4.69, 9.17) is 9.40 Å². The highest BCUT2D eigenvalue weighted by Gasteiger charge is 2.19. The lowest BCUT2D eigenvalue weighted by Gasteiger charge is -2.16. The van der Waals surface area contributed by atoms with Crippen LogP contribution in [0.5, 0.6) is 0 Å². The maximum absolute atomic E-state index is 6.82. The molecule has 10 aromatic carbocycles. The third-order valence-electron chi connectivity index (χ3n) is 11.6. The minimum Gasteiger partial charge on any atom is -0.455 e. The first kappa shape index (κ1) is 30.2. The summed E-state index contributed by atoms with van der Waals surface area (Å²) >= 11 is 0. The lowest BCUT2D eigenvalue weighted by Crippen LogP contribution is -1.93. The molecule has 0 spiro atoms. The predicted octanol–water partition coefficient (Wildman–Crippen LogP) is 14.9. The zero-order valence-electron chi connectivity index (χ0n) is 29.8. The van der Waals surface area contributed by atoms with Crippen molar-refractivity contribution in [2.24, 2.45) is 0 Å². The van der Waals surface area contributed by atoms with E-state index >= 15 is 0 Å². The topological polar surface area (TPSA) is 26.0 Å². The number of benzene rings is 10. The summed E-state index contributed by atoms with van der Waals surface area (Å²) in [6.45, 7) is 0. The van der Waals surface area contributed by atoms with Crippen LogP contribution in [0.1, 0.15) is 0 Å². The fraction of sp³-hybridized carbons (Fsp3) is 0. The quantitative estimate of drug-likeness (QED) is 0.172. The molecular weight excluding hydrogens is 667 g/mol. The second-order valence-corrected chi connectivity index (χ2v) is 14.6. The standard InChI is InChI=1S/C53H31NO/c1-2-13-32(14-3-1)51-46-28-36(25-26-43(46)49-42-23-10-8-21-40(42)41-22-9-11-24-44(41)52(49)54-51)33-18-12-19-37(27-33)45-30-38-17-6-7-20-39(38)50-47-29-34-15-4-5-16-35(34)31-48(47)55-53(45)50/h1-31H.